The van der Waals surface area contributed by atoms with Crippen molar-refractivity contribution in [3.05, 3.63) is 187 Å². The molecule has 0 aliphatic rings. The van der Waals surface area contributed by atoms with Crippen LogP contribution in [0.3, 0.4) is 0 Å². The van der Waals surface area contributed by atoms with E-state index in [0.29, 0.717) is 29.3 Å². The first-order valence-electron chi connectivity index (χ1n) is 20.6. The van der Waals surface area contributed by atoms with Crippen molar-refractivity contribution < 1.29 is 0 Å². The van der Waals surface area contributed by atoms with Crippen molar-refractivity contribution in [3.8, 4) is 68.3 Å². The zero-order valence-electron chi connectivity index (χ0n) is 34.0. The second kappa shape index (κ2) is 15.3. The first-order valence-corrected chi connectivity index (χ1v) is 20.6. The SMILES string of the molecule is CC(C)c1cccc(-c2nc3ccccc3n2-c2cccc(-c3nc(-c4ccccc4)nc(-c4cccc(-n5c(-c6cccc(C(C)C)c6)nc6ccccc65)c4)n3)c2)c1. The average molecular weight is 778 g/mol. The Labute approximate surface area is 349 Å². The van der Waals surface area contributed by atoms with Crippen LogP contribution in [0.25, 0.3) is 90.4 Å². The number of nitrogens with zero attached hydrogens (tertiary/aromatic N) is 7. The molecule has 0 saturated carbocycles. The van der Waals surface area contributed by atoms with Gasteiger partial charge in [0.1, 0.15) is 11.6 Å². The molecule has 0 unspecified atom stereocenters. The Balaban J connectivity index is 1.12. The minimum absolute atomic E-state index is 0.395. The normalized spacial score (nSPS) is 11.6. The molecule has 0 N–H and O–H groups in total. The van der Waals surface area contributed by atoms with Crippen molar-refractivity contribution in [2.75, 3.05) is 0 Å². The number of aromatic nitrogens is 7. The molecule has 0 atom stereocenters. The Morgan fingerprint density at radius 1 is 0.333 bits per heavy atom. The standard InChI is InChI=1S/C53H43N7/c1-34(2)37-18-12-22-41(30-37)52-54-45-26-8-10-28-47(45)59(52)43-24-14-20-39(32-43)50-56-49(36-16-6-5-7-17-36)57-51(58-50)40-21-15-25-44(33-40)60-48-29-11-9-27-46(48)55-53(60)42-23-13-19-38(31-42)35(3)4/h5-35H,1-4H3. The third-order valence-electron chi connectivity index (χ3n) is 11.1. The van der Waals surface area contributed by atoms with Crippen molar-refractivity contribution in [2.24, 2.45) is 0 Å². The van der Waals surface area contributed by atoms with Crippen LogP contribution in [0.1, 0.15) is 50.7 Å². The summed E-state index contributed by atoms with van der Waals surface area (Å²) < 4.78 is 4.48. The molecule has 7 nitrogen and oxygen atoms in total. The maximum atomic E-state index is 5.22. The summed E-state index contributed by atoms with van der Waals surface area (Å²) in [5.74, 6) is 4.33. The zero-order valence-corrected chi connectivity index (χ0v) is 34.0. The topological polar surface area (TPSA) is 74.3 Å². The molecule has 290 valence electrons. The van der Waals surface area contributed by atoms with E-state index in [1.807, 2.05) is 42.5 Å². The number of imidazole rings is 2. The number of hydrogen-bond acceptors (Lipinski definition) is 5. The lowest BCUT2D eigenvalue weighted by Crippen LogP contribution is -2.03. The molecule has 10 aromatic rings. The van der Waals surface area contributed by atoms with E-state index in [0.717, 1.165) is 72.9 Å². The summed E-state index contributed by atoms with van der Waals surface area (Å²) in [5.41, 5.74) is 13.2. The van der Waals surface area contributed by atoms with Gasteiger partial charge >= 0.3 is 0 Å². The fraction of sp³-hybridized carbons (Fsp3) is 0.113. The highest BCUT2D eigenvalue weighted by atomic mass is 15.1. The molecule has 60 heavy (non-hydrogen) atoms. The fourth-order valence-electron chi connectivity index (χ4n) is 7.95. The van der Waals surface area contributed by atoms with Crippen LogP contribution in [0.15, 0.2) is 176 Å². The van der Waals surface area contributed by atoms with Gasteiger partial charge < -0.3 is 0 Å². The van der Waals surface area contributed by atoms with Crippen LogP contribution in [0.5, 0.6) is 0 Å². The molecule has 0 radical (unpaired) electrons. The van der Waals surface area contributed by atoms with Gasteiger partial charge in [0.15, 0.2) is 17.5 Å². The molecule has 0 aliphatic carbocycles. The van der Waals surface area contributed by atoms with Crippen LogP contribution in [0.4, 0.5) is 0 Å². The molecule has 7 heteroatoms. The van der Waals surface area contributed by atoms with E-state index in [2.05, 4.69) is 170 Å². The van der Waals surface area contributed by atoms with E-state index in [1.54, 1.807) is 0 Å². The number of hydrogen-bond donors (Lipinski definition) is 0. The minimum Gasteiger partial charge on any atom is -0.292 e. The highest BCUT2D eigenvalue weighted by Crippen LogP contribution is 2.35. The molecular weight excluding hydrogens is 735 g/mol. The maximum Gasteiger partial charge on any atom is 0.164 e. The van der Waals surface area contributed by atoms with E-state index < -0.39 is 0 Å². The van der Waals surface area contributed by atoms with E-state index in [1.165, 1.54) is 11.1 Å². The first kappa shape index (κ1) is 36.8. The summed E-state index contributed by atoms with van der Waals surface area (Å²) in [6.45, 7) is 8.88. The second-order valence-corrected chi connectivity index (χ2v) is 15.9. The zero-order chi connectivity index (χ0) is 40.7. The molecule has 0 aliphatic heterocycles. The van der Waals surface area contributed by atoms with Gasteiger partial charge in [-0.1, -0.05) is 143 Å². The van der Waals surface area contributed by atoms with Gasteiger partial charge in [0.2, 0.25) is 0 Å². The lowest BCUT2D eigenvalue weighted by molar-refractivity contribution is 0.866. The second-order valence-electron chi connectivity index (χ2n) is 15.9. The lowest BCUT2D eigenvalue weighted by atomic mass is 10.0. The Bertz CT molecular complexity index is 2980. The molecule has 0 bridgehead atoms. The molecule has 0 saturated heterocycles. The van der Waals surface area contributed by atoms with E-state index in [4.69, 9.17) is 24.9 Å². The highest BCUT2D eigenvalue weighted by Gasteiger charge is 2.20. The average Bonchev–Trinajstić information content (AvgIpc) is 3.89. The molecule has 0 fully saturated rings. The van der Waals surface area contributed by atoms with Crippen molar-refractivity contribution in [3.63, 3.8) is 0 Å². The summed E-state index contributed by atoms with van der Waals surface area (Å²) >= 11 is 0. The molecule has 3 aromatic heterocycles. The Morgan fingerprint density at radius 3 is 1.18 bits per heavy atom. The van der Waals surface area contributed by atoms with Crippen LogP contribution in [-0.4, -0.2) is 34.1 Å². The van der Waals surface area contributed by atoms with Crippen LogP contribution < -0.4 is 0 Å². The van der Waals surface area contributed by atoms with Crippen LogP contribution in [0.2, 0.25) is 0 Å². The molecule has 3 heterocycles. The van der Waals surface area contributed by atoms with Gasteiger partial charge in [-0.15, -0.1) is 0 Å². The van der Waals surface area contributed by atoms with Gasteiger partial charge in [0, 0.05) is 39.2 Å². The molecular formula is C53H43N7. The summed E-state index contributed by atoms with van der Waals surface area (Å²) in [7, 11) is 0. The predicted octanol–water partition coefficient (Wildman–Crippen LogP) is 13.1. The van der Waals surface area contributed by atoms with Gasteiger partial charge in [-0.3, -0.25) is 9.13 Å². The van der Waals surface area contributed by atoms with Crippen LogP contribution in [0, 0.1) is 0 Å². The molecule has 0 spiro atoms. The molecule has 7 aromatic carbocycles. The largest absolute Gasteiger partial charge is 0.292 e. The predicted molar refractivity (Wildman–Crippen MR) is 244 cm³/mol. The third kappa shape index (κ3) is 6.84. The Kier molecular flexibility index (Phi) is 9.41. The molecule has 0 amide bonds. The monoisotopic (exact) mass is 777 g/mol. The van der Waals surface area contributed by atoms with E-state index >= 15 is 0 Å². The van der Waals surface area contributed by atoms with E-state index in [9.17, 15) is 0 Å². The Hall–Kier alpha value is -7.51. The van der Waals surface area contributed by atoms with Crippen molar-refractivity contribution in [1.29, 1.82) is 0 Å². The van der Waals surface area contributed by atoms with Gasteiger partial charge in [0.25, 0.3) is 0 Å². The van der Waals surface area contributed by atoms with Crippen molar-refractivity contribution in [2.45, 2.75) is 39.5 Å². The number of benzene rings is 7. The van der Waals surface area contributed by atoms with Gasteiger partial charge in [-0.2, -0.15) is 0 Å². The van der Waals surface area contributed by atoms with Crippen molar-refractivity contribution in [1.82, 2.24) is 34.1 Å². The molecule has 10 rings (SSSR count). The number of para-hydroxylation sites is 4. The van der Waals surface area contributed by atoms with Gasteiger partial charge in [-0.25, -0.2) is 24.9 Å². The van der Waals surface area contributed by atoms with E-state index in [-0.39, 0.29) is 0 Å². The van der Waals surface area contributed by atoms with Gasteiger partial charge in [-0.05, 0) is 83.6 Å². The summed E-state index contributed by atoms with van der Waals surface area (Å²) in [4.78, 5) is 25.8. The van der Waals surface area contributed by atoms with Gasteiger partial charge in [0.05, 0.1) is 22.1 Å². The minimum atomic E-state index is 0.395. The fourth-order valence-corrected chi connectivity index (χ4v) is 7.95. The Morgan fingerprint density at radius 2 is 0.717 bits per heavy atom. The highest BCUT2D eigenvalue weighted by molar-refractivity contribution is 5.85. The number of fused-ring (bicyclic) bond motifs is 2. The summed E-state index contributed by atoms with van der Waals surface area (Å²) in [6.07, 6.45) is 0. The lowest BCUT2D eigenvalue weighted by Gasteiger charge is -2.14. The maximum absolute atomic E-state index is 5.22. The summed E-state index contributed by atoms with van der Waals surface area (Å²) in [6, 6.07) is 61.0. The van der Waals surface area contributed by atoms with Crippen LogP contribution >= 0.6 is 0 Å². The van der Waals surface area contributed by atoms with Crippen molar-refractivity contribution >= 4 is 22.1 Å². The quantitative estimate of drug-likeness (QED) is 0.146. The number of rotatable bonds is 9. The first-order chi connectivity index (χ1) is 29.4. The summed E-state index contributed by atoms with van der Waals surface area (Å²) in [5, 5.41) is 0. The smallest absolute Gasteiger partial charge is 0.164 e. The van der Waals surface area contributed by atoms with Crippen LogP contribution in [-0.2, 0) is 0 Å². The third-order valence-corrected chi connectivity index (χ3v) is 11.1.